The molecule has 1 saturated heterocycles. The van der Waals surface area contributed by atoms with Gasteiger partial charge in [0.2, 0.25) is 5.91 Å². The third kappa shape index (κ3) is 3.28. The smallest absolute Gasteiger partial charge is 0.336 e. The van der Waals surface area contributed by atoms with Crippen LogP contribution in [0.5, 0.6) is 0 Å². The highest BCUT2D eigenvalue weighted by atomic mass is 16.6. The van der Waals surface area contributed by atoms with Crippen molar-refractivity contribution in [2.24, 2.45) is 0 Å². The zero-order valence-corrected chi connectivity index (χ0v) is 11.4. The Hall–Kier alpha value is -2.64. The molecule has 1 aliphatic rings. The number of hydrogen-bond acceptors (Lipinski definition) is 5. The number of carboxylic acid groups (broad SMARTS) is 1. The Bertz CT molecular complexity index is 614. The van der Waals surface area contributed by atoms with E-state index in [0.717, 1.165) is 6.07 Å². The van der Waals surface area contributed by atoms with Crippen molar-refractivity contribution >= 4 is 23.3 Å². The molecule has 0 spiro atoms. The normalized spacial score (nSPS) is 17.4. The number of amides is 1. The van der Waals surface area contributed by atoms with Gasteiger partial charge < -0.3 is 15.7 Å². The molecular formula is C13H15N3O5. The molecule has 8 nitrogen and oxygen atoms in total. The predicted octanol–water partition coefficient (Wildman–Crippen LogP) is 1.29. The number of carbonyl (C=O) groups excluding carboxylic acids is 1. The summed E-state index contributed by atoms with van der Waals surface area (Å²) in [5, 5.41) is 25.7. The molecule has 0 aromatic heterocycles. The Balaban J connectivity index is 2.22. The van der Waals surface area contributed by atoms with Gasteiger partial charge in [0.1, 0.15) is 0 Å². The van der Waals surface area contributed by atoms with Crippen LogP contribution in [0.3, 0.4) is 0 Å². The average Bonchev–Trinajstić information content (AvgIpc) is 2.82. The molecular weight excluding hydrogens is 278 g/mol. The molecule has 8 heteroatoms. The fraction of sp³-hybridized carbons (Fsp3) is 0.385. The van der Waals surface area contributed by atoms with Gasteiger partial charge in [0.15, 0.2) is 0 Å². The zero-order valence-electron chi connectivity index (χ0n) is 11.4. The topological polar surface area (TPSA) is 122 Å². The number of carboxylic acids is 1. The zero-order chi connectivity index (χ0) is 15.6. The first kappa shape index (κ1) is 14.8. The van der Waals surface area contributed by atoms with Gasteiger partial charge in [-0.3, -0.25) is 14.9 Å². The summed E-state index contributed by atoms with van der Waals surface area (Å²) in [6.45, 7) is 1.95. The SMILES string of the molecule is Cc1c(NCC2CCC(=O)N2)cc(C(=O)O)cc1[N+](=O)[O-]. The molecule has 0 bridgehead atoms. The summed E-state index contributed by atoms with van der Waals surface area (Å²) in [4.78, 5) is 32.5. The van der Waals surface area contributed by atoms with Crippen molar-refractivity contribution in [3.05, 3.63) is 33.4 Å². The molecule has 0 radical (unpaired) electrons. The minimum absolute atomic E-state index is 0.0243. The molecule has 1 aromatic rings. The fourth-order valence-corrected chi connectivity index (χ4v) is 2.26. The van der Waals surface area contributed by atoms with E-state index in [1.54, 1.807) is 6.92 Å². The second kappa shape index (κ2) is 5.78. The molecule has 21 heavy (non-hydrogen) atoms. The Labute approximate surface area is 120 Å². The summed E-state index contributed by atoms with van der Waals surface area (Å²) in [5.74, 6) is -1.25. The first-order valence-electron chi connectivity index (χ1n) is 6.44. The lowest BCUT2D eigenvalue weighted by Gasteiger charge is -2.15. The van der Waals surface area contributed by atoms with Crippen molar-refractivity contribution < 1.29 is 19.6 Å². The van der Waals surface area contributed by atoms with Crippen LogP contribution in [0.25, 0.3) is 0 Å². The number of nitro benzene ring substituents is 1. The Morgan fingerprint density at radius 2 is 2.29 bits per heavy atom. The van der Waals surface area contributed by atoms with Crippen LogP contribution in [0.2, 0.25) is 0 Å². The molecule has 1 atom stereocenters. The number of aromatic carboxylic acids is 1. The van der Waals surface area contributed by atoms with E-state index in [0.29, 0.717) is 30.6 Å². The van der Waals surface area contributed by atoms with E-state index in [2.05, 4.69) is 10.6 Å². The van der Waals surface area contributed by atoms with E-state index in [9.17, 15) is 19.7 Å². The number of anilines is 1. The minimum atomic E-state index is -1.23. The van der Waals surface area contributed by atoms with Crippen LogP contribution in [-0.2, 0) is 4.79 Å². The van der Waals surface area contributed by atoms with Crippen molar-refractivity contribution in [2.45, 2.75) is 25.8 Å². The maximum Gasteiger partial charge on any atom is 0.336 e. The number of benzene rings is 1. The van der Waals surface area contributed by atoms with E-state index in [1.807, 2.05) is 0 Å². The van der Waals surface area contributed by atoms with Gasteiger partial charge in [-0.05, 0) is 19.4 Å². The molecule has 1 amide bonds. The molecule has 3 N–H and O–H groups in total. The van der Waals surface area contributed by atoms with Crippen molar-refractivity contribution in [1.29, 1.82) is 0 Å². The van der Waals surface area contributed by atoms with Crippen LogP contribution in [0.1, 0.15) is 28.8 Å². The third-order valence-corrected chi connectivity index (χ3v) is 3.45. The van der Waals surface area contributed by atoms with Gasteiger partial charge in [0.25, 0.3) is 5.69 Å². The first-order chi connectivity index (χ1) is 9.88. The second-order valence-electron chi connectivity index (χ2n) is 4.91. The Kier molecular flexibility index (Phi) is 4.06. The Morgan fingerprint density at radius 3 is 2.81 bits per heavy atom. The van der Waals surface area contributed by atoms with Crippen molar-refractivity contribution in [3.63, 3.8) is 0 Å². The van der Waals surface area contributed by atoms with Gasteiger partial charge >= 0.3 is 5.97 Å². The van der Waals surface area contributed by atoms with Crippen LogP contribution < -0.4 is 10.6 Å². The fourth-order valence-electron chi connectivity index (χ4n) is 2.26. The standard InChI is InChI=1S/C13H15N3O5/c1-7-10(14-6-9-2-3-12(17)15-9)4-8(13(18)19)5-11(7)16(20)21/h4-5,9,14H,2-3,6H2,1H3,(H,15,17)(H,18,19). The molecule has 1 aliphatic heterocycles. The largest absolute Gasteiger partial charge is 0.478 e. The van der Waals surface area contributed by atoms with Crippen LogP contribution in [0.4, 0.5) is 11.4 Å². The highest BCUT2D eigenvalue weighted by molar-refractivity contribution is 5.90. The summed E-state index contributed by atoms with van der Waals surface area (Å²) in [6, 6.07) is 2.35. The van der Waals surface area contributed by atoms with Gasteiger partial charge in [-0.25, -0.2) is 4.79 Å². The van der Waals surface area contributed by atoms with Crippen molar-refractivity contribution in [1.82, 2.24) is 5.32 Å². The van der Waals surface area contributed by atoms with Gasteiger partial charge in [0, 0.05) is 36.3 Å². The van der Waals surface area contributed by atoms with Gasteiger partial charge in [-0.15, -0.1) is 0 Å². The van der Waals surface area contributed by atoms with Crippen LogP contribution in [-0.4, -0.2) is 34.5 Å². The van der Waals surface area contributed by atoms with Gasteiger partial charge in [-0.2, -0.15) is 0 Å². The summed E-state index contributed by atoms with van der Waals surface area (Å²) in [5.41, 5.74) is 0.371. The Morgan fingerprint density at radius 1 is 1.57 bits per heavy atom. The highest BCUT2D eigenvalue weighted by Gasteiger charge is 2.22. The lowest BCUT2D eigenvalue weighted by atomic mass is 10.1. The van der Waals surface area contributed by atoms with E-state index in [-0.39, 0.29) is 23.2 Å². The second-order valence-corrected chi connectivity index (χ2v) is 4.91. The average molecular weight is 293 g/mol. The highest BCUT2D eigenvalue weighted by Crippen LogP contribution is 2.28. The van der Waals surface area contributed by atoms with E-state index in [4.69, 9.17) is 5.11 Å². The van der Waals surface area contributed by atoms with E-state index >= 15 is 0 Å². The number of nitro groups is 1. The molecule has 112 valence electrons. The van der Waals surface area contributed by atoms with Gasteiger partial charge in [0.05, 0.1) is 10.5 Å². The summed E-state index contributed by atoms with van der Waals surface area (Å²) in [7, 11) is 0. The maximum absolute atomic E-state index is 11.1. The molecule has 0 aliphatic carbocycles. The lowest BCUT2D eigenvalue weighted by Crippen LogP contribution is -2.32. The molecule has 1 unspecified atom stereocenters. The molecule has 1 heterocycles. The monoisotopic (exact) mass is 293 g/mol. The maximum atomic E-state index is 11.1. The summed E-state index contributed by atoms with van der Waals surface area (Å²) >= 11 is 0. The predicted molar refractivity (Wildman–Crippen MR) is 74.4 cm³/mol. The quantitative estimate of drug-likeness (QED) is 0.555. The molecule has 1 fully saturated rings. The molecule has 2 rings (SSSR count). The minimum Gasteiger partial charge on any atom is -0.478 e. The summed E-state index contributed by atoms with van der Waals surface area (Å²) in [6.07, 6.45) is 1.15. The van der Waals surface area contributed by atoms with Crippen LogP contribution in [0, 0.1) is 17.0 Å². The van der Waals surface area contributed by atoms with Crippen molar-refractivity contribution in [3.8, 4) is 0 Å². The molecule has 1 aromatic carbocycles. The third-order valence-electron chi connectivity index (χ3n) is 3.45. The van der Waals surface area contributed by atoms with Crippen LogP contribution in [0.15, 0.2) is 12.1 Å². The number of hydrogen-bond donors (Lipinski definition) is 3. The van der Waals surface area contributed by atoms with Crippen molar-refractivity contribution in [2.75, 3.05) is 11.9 Å². The molecule has 0 saturated carbocycles. The van der Waals surface area contributed by atoms with Crippen LogP contribution >= 0.6 is 0 Å². The summed E-state index contributed by atoms with van der Waals surface area (Å²) < 4.78 is 0. The number of carbonyl (C=O) groups is 2. The lowest BCUT2D eigenvalue weighted by molar-refractivity contribution is -0.385. The number of nitrogens with zero attached hydrogens (tertiary/aromatic N) is 1. The van der Waals surface area contributed by atoms with E-state index in [1.165, 1.54) is 6.07 Å². The number of rotatable bonds is 5. The van der Waals surface area contributed by atoms with Gasteiger partial charge in [-0.1, -0.05) is 0 Å². The van der Waals surface area contributed by atoms with E-state index < -0.39 is 10.9 Å². The first-order valence-corrected chi connectivity index (χ1v) is 6.44. The number of nitrogens with one attached hydrogen (secondary N) is 2.